The minimum Gasteiger partial charge on any atom is -0.493 e. The van der Waals surface area contributed by atoms with E-state index in [1.807, 2.05) is 0 Å². The topological polar surface area (TPSA) is 111 Å². The summed E-state index contributed by atoms with van der Waals surface area (Å²) in [7, 11) is 1.49. The van der Waals surface area contributed by atoms with Gasteiger partial charge in [0.25, 0.3) is 17.5 Å². The summed E-state index contributed by atoms with van der Waals surface area (Å²) < 4.78 is 12.2. The third-order valence-electron chi connectivity index (χ3n) is 5.15. The molecular weight excluding hydrogens is 582 g/mol. The number of ether oxygens (including phenoxy) is 2. The molecule has 0 radical (unpaired) electrons. The molecule has 188 valence electrons. The van der Waals surface area contributed by atoms with Crippen molar-refractivity contribution in [2.45, 2.75) is 6.61 Å². The quantitative estimate of drug-likeness (QED) is 0.156. The highest BCUT2D eigenvalue weighted by Gasteiger charge is 2.34. The molecule has 12 heteroatoms. The minimum absolute atomic E-state index is 0.00141. The number of hydrazine groups is 1. The second-order valence-electron chi connectivity index (χ2n) is 7.56. The number of nitrogens with one attached hydrogen (secondary N) is 1. The molecule has 0 atom stereocenters. The van der Waals surface area contributed by atoms with Gasteiger partial charge in [-0.25, -0.2) is 0 Å². The Hall–Kier alpha value is -3.74. The molecule has 1 heterocycles. The molecule has 1 saturated heterocycles. The van der Waals surface area contributed by atoms with Crippen molar-refractivity contribution in [2.75, 3.05) is 7.11 Å². The van der Waals surface area contributed by atoms with Crippen LogP contribution in [0.2, 0.25) is 0 Å². The first kappa shape index (κ1) is 26.3. The summed E-state index contributed by atoms with van der Waals surface area (Å²) >= 11 is 9.87. The molecular formula is C25H18BrN3O6S2. The van der Waals surface area contributed by atoms with Gasteiger partial charge in [-0.2, -0.15) is 5.01 Å². The summed E-state index contributed by atoms with van der Waals surface area (Å²) in [4.78, 5) is 36.1. The van der Waals surface area contributed by atoms with Crippen molar-refractivity contribution in [1.29, 1.82) is 0 Å². The molecule has 37 heavy (non-hydrogen) atoms. The van der Waals surface area contributed by atoms with Crippen molar-refractivity contribution in [1.82, 2.24) is 10.4 Å². The van der Waals surface area contributed by atoms with Crippen LogP contribution in [0.1, 0.15) is 21.5 Å². The van der Waals surface area contributed by atoms with Crippen molar-refractivity contribution >= 4 is 67.8 Å². The van der Waals surface area contributed by atoms with Crippen LogP contribution in [0, 0.1) is 10.1 Å². The molecule has 0 unspecified atom stereocenters. The van der Waals surface area contributed by atoms with Crippen molar-refractivity contribution in [3.05, 3.63) is 103 Å². The van der Waals surface area contributed by atoms with Crippen LogP contribution in [0.25, 0.3) is 6.08 Å². The molecule has 1 aliphatic rings. The van der Waals surface area contributed by atoms with Gasteiger partial charge in [0.2, 0.25) is 0 Å². The van der Waals surface area contributed by atoms with E-state index < -0.39 is 16.7 Å². The van der Waals surface area contributed by atoms with Crippen molar-refractivity contribution in [3.8, 4) is 11.5 Å². The highest BCUT2D eigenvalue weighted by atomic mass is 79.9. The molecule has 3 aromatic carbocycles. The molecule has 0 saturated carbocycles. The van der Waals surface area contributed by atoms with Crippen LogP contribution in [-0.2, 0) is 11.4 Å². The predicted molar refractivity (Wildman–Crippen MR) is 147 cm³/mol. The zero-order valence-electron chi connectivity index (χ0n) is 19.2. The molecule has 0 bridgehead atoms. The molecule has 1 N–H and O–H groups in total. The van der Waals surface area contributed by atoms with Crippen molar-refractivity contribution in [3.63, 3.8) is 0 Å². The van der Waals surface area contributed by atoms with E-state index >= 15 is 0 Å². The number of carbonyl (C=O) groups is 2. The summed E-state index contributed by atoms with van der Waals surface area (Å²) in [6.07, 6.45) is 1.64. The first-order chi connectivity index (χ1) is 17.8. The number of halogens is 1. The Bertz CT molecular complexity index is 1410. The monoisotopic (exact) mass is 599 g/mol. The normalized spacial score (nSPS) is 14.1. The van der Waals surface area contributed by atoms with Crippen molar-refractivity contribution in [2.24, 2.45) is 0 Å². The Balaban J connectivity index is 1.49. The van der Waals surface area contributed by atoms with Gasteiger partial charge in [-0.15, -0.1) is 0 Å². The standard InChI is InChI=1S/C25H18BrN3O6S2/c1-34-20-11-17(19(26)13-21(20)35-14-15-7-9-18(10-8-15)29(32)33)12-22-24(31)28(25(36)37-22)27-23(30)16-5-3-2-4-6-16/h2-13H,14H2,1H3,(H,27,30)/b22-12+. The van der Waals surface area contributed by atoms with Crippen LogP contribution in [0.5, 0.6) is 11.5 Å². The number of benzene rings is 3. The summed E-state index contributed by atoms with van der Waals surface area (Å²) in [5, 5.41) is 11.9. The third-order valence-corrected chi connectivity index (χ3v) is 7.14. The van der Waals surface area contributed by atoms with E-state index in [0.29, 0.717) is 32.0 Å². The Morgan fingerprint density at radius 3 is 2.51 bits per heavy atom. The molecule has 2 amide bonds. The maximum absolute atomic E-state index is 13.0. The molecule has 3 aromatic rings. The van der Waals surface area contributed by atoms with Gasteiger partial charge < -0.3 is 9.47 Å². The van der Waals surface area contributed by atoms with E-state index in [1.165, 1.54) is 19.2 Å². The molecule has 9 nitrogen and oxygen atoms in total. The number of thioether (sulfide) groups is 1. The largest absolute Gasteiger partial charge is 0.493 e. The number of thiocarbonyl (C=S) groups is 1. The summed E-state index contributed by atoms with van der Waals surface area (Å²) in [6, 6.07) is 18.0. The van der Waals surface area contributed by atoms with Crippen LogP contribution >= 0.6 is 39.9 Å². The second kappa shape index (κ2) is 11.5. The Labute approximate surface area is 229 Å². The van der Waals surface area contributed by atoms with Crippen molar-refractivity contribution < 1.29 is 24.0 Å². The van der Waals surface area contributed by atoms with Crippen LogP contribution in [0.4, 0.5) is 5.69 Å². The van der Waals surface area contributed by atoms with Crippen LogP contribution in [-0.4, -0.2) is 33.2 Å². The first-order valence-corrected chi connectivity index (χ1v) is 12.7. The second-order valence-corrected chi connectivity index (χ2v) is 10.1. The average molecular weight is 600 g/mol. The number of carbonyl (C=O) groups excluding carboxylic acids is 2. The highest BCUT2D eigenvalue weighted by molar-refractivity contribution is 9.10. The molecule has 4 rings (SSSR count). The fourth-order valence-electron chi connectivity index (χ4n) is 3.27. The van der Waals surface area contributed by atoms with E-state index in [0.717, 1.165) is 22.3 Å². The number of nitro groups is 1. The number of rotatable bonds is 8. The van der Waals surface area contributed by atoms with Crippen LogP contribution < -0.4 is 14.9 Å². The van der Waals surface area contributed by atoms with Gasteiger partial charge in [0, 0.05) is 22.2 Å². The Morgan fingerprint density at radius 2 is 1.86 bits per heavy atom. The fourth-order valence-corrected chi connectivity index (χ4v) is 4.88. The molecule has 1 aliphatic heterocycles. The number of amides is 2. The van der Waals surface area contributed by atoms with Gasteiger partial charge in [-0.05, 0) is 65.8 Å². The number of hydrogen-bond donors (Lipinski definition) is 1. The molecule has 0 aliphatic carbocycles. The van der Waals surface area contributed by atoms with Gasteiger partial charge in [0.1, 0.15) is 6.61 Å². The van der Waals surface area contributed by atoms with E-state index in [9.17, 15) is 19.7 Å². The van der Waals surface area contributed by atoms with Gasteiger partial charge in [-0.3, -0.25) is 25.1 Å². The summed E-state index contributed by atoms with van der Waals surface area (Å²) in [5.41, 5.74) is 4.32. The number of nitro benzene ring substituents is 1. The summed E-state index contributed by atoms with van der Waals surface area (Å²) in [5.74, 6) is -0.0454. The van der Waals surface area contributed by atoms with E-state index in [1.54, 1.807) is 60.7 Å². The molecule has 1 fully saturated rings. The number of nitrogens with zero attached hydrogens (tertiary/aromatic N) is 2. The summed E-state index contributed by atoms with van der Waals surface area (Å²) in [6.45, 7) is 0.167. The lowest BCUT2D eigenvalue weighted by atomic mass is 10.1. The maximum atomic E-state index is 13.0. The van der Waals surface area contributed by atoms with Crippen LogP contribution in [0.3, 0.4) is 0 Å². The lowest BCUT2D eigenvalue weighted by molar-refractivity contribution is -0.384. The Kier molecular flexibility index (Phi) is 8.21. The lowest BCUT2D eigenvalue weighted by Crippen LogP contribution is -2.44. The predicted octanol–water partition coefficient (Wildman–Crippen LogP) is 5.49. The molecule has 0 spiro atoms. The van der Waals surface area contributed by atoms with Gasteiger partial charge in [0.15, 0.2) is 15.8 Å². The number of non-ortho nitro benzene ring substituents is 1. The number of hydrogen-bond acceptors (Lipinski definition) is 8. The smallest absolute Gasteiger partial charge is 0.285 e. The lowest BCUT2D eigenvalue weighted by Gasteiger charge is -2.15. The van der Waals surface area contributed by atoms with E-state index in [2.05, 4.69) is 21.4 Å². The van der Waals surface area contributed by atoms with Gasteiger partial charge in [0.05, 0.1) is 16.9 Å². The van der Waals surface area contributed by atoms with Crippen LogP contribution in [0.15, 0.2) is 76.1 Å². The zero-order valence-corrected chi connectivity index (χ0v) is 22.4. The van der Waals surface area contributed by atoms with Gasteiger partial charge >= 0.3 is 0 Å². The first-order valence-electron chi connectivity index (χ1n) is 10.6. The number of methoxy groups -OCH3 is 1. The SMILES string of the molecule is COc1cc(/C=C2/SC(=S)N(NC(=O)c3ccccc3)C2=O)c(Br)cc1OCc1ccc([N+](=O)[O-])cc1. The zero-order chi connectivity index (χ0) is 26.5. The average Bonchev–Trinajstić information content (AvgIpc) is 3.16. The molecule has 0 aromatic heterocycles. The third kappa shape index (κ3) is 6.16. The Morgan fingerprint density at radius 1 is 1.16 bits per heavy atom. The van der Waals surface area contributed by atoms with E-state index in [4.69, 9.17) is 21.7 Å². The highest BCUT2D eigenvalue weighted by Crippen LogP contribution is 2.38. The fraction of sp³-hybridized carbons (Fsp3) is 0.0800. The van der Waals surface area contributed by atoms with Gasteiger partial charge in [-0.1, -0.05) is 45.9 Å². The van der Waals surface area contributed by atoms with E-state index in [-0.39, 0.29) is 16.6 Å². The minimum atomic E-state index is -0.464. The maximum Gasteiger partial charge on any atom is 0.285 e.